The van der Waals surface area contributed by atoms with Gasteiger partial charge in [0.05, 0.1) is 20.3 Å². The highest BCUT2D eigenvalue weighted by molar-refractivity contribution is 5.85. The maximum atomic E-state index is 12.9. The number of amides is 1. The number of hydrogen-bond acceptors (Lipinski definition) is 6. The molecule has 158 valence electrons. The van der Waals surface area contributed by atoms with Crippen LogP contribution in [0, 0.1) is 0 Å². The van der Waals surface area contributed by atoms with Crippen LogP contribution in [-0.4, -0.2) is 70.1 Å². The van der Waals surface area contributed by atoms with Gasteiger partial charge in [-0.2, -0.15) is 0 Å². The Labute approximate surface area is 173 Å². The van der Waals surface area contributed by atoms with Gasteiger partial charge in [-0.15, -0.1) is 12.4 Å². The third-order valence-corrected chi connectivity index (χ3v) is 4.81. The number of ether oxygens (including phenoxy) is 4. The molecule has 0 unspecified atom stereocenters. The van der Waals surface area contributed by atoms with Gasteiger partial charge in [-0.05, 0) is 30.5 Å². The van der Waals surface area contributed by atoms with Crippen molar-refractivity contribution in [1.82, 2.24) is 10.2 Å². The Hall–Kier alpha value is -1.54. The monoisotopic (exact) mass is 414 g/mol. The number of rotatable bonds is 10. The van der Waals surface area contributed by atoms with E-state index in [0.29, 0.717) is 50.5 Å². The SMILES string of the molecule is COCCCOc1cc(CN(C(=O)[C@H]2CNCCO2)C2CC2)ccc1OC.Cl. The topological polar surface area (TPSA) is 69.3 Å². The zero-order valence-corrected chi connectivity index (χ0v) is 17.5. The third-order valence-electron chi connectivity index (χ3n) is 4.81. The Bertz CT molecular complexity index is 621. The maximum absolute atomic E-state index is 12.9. The standard InChI is InChI=1S/C20H30N2O5.ClH/c1-24-9-3-10-26-18-12-15(4-7-17(18)25-2)14-22(16-5-6-16)20(23)19-13-21-8-11-27-19;/h4,7,12,16,19,21H,3,5-6,8-11,13-14H2,1-2H3;1H/t19-;/m1./s1. The van der Waals surface area contributed by atoms with Crippen molar-refractivity contribution in [3.63, 3.8) is 0 Å². The Balaban J connectivity index is 0.00000280. The molecule has 3 rings (SSSR count). The number of halogens is 1. The summed E-state index contributed by atoms with van der Waals surface area (Å²) in [7, 11) is 3.31. The molecular formula is C20H31ClN2O5. The summed E-state index contributed by atoms with van der Waals surface area (Å²) in [5.74, 6) is 1.47. The lowest BCUT2D eigenvalue weighted by Crippen LogP contribution is -2.49. The van der Waals surface area contributed by atoms with E-state index >= 15 is 0 Å². The van der Waals surface area contributed by atoms with Crippen LogP contribution in [-0.2, 0) is 20.8 Å². The van der Waals surface area contributed by atoms with E-state index in [-0.39, 0.29) is 24.4 Å². The summed E-state index contributed by atoms with van der Waals surface area (Å²) >= 11 is 0. The predicted molar refractivity (Wildman–Crippen MR) is 108 cm³/mol. The van der Waals surface area contributed by atoms with Crippen molar-refractivity contribution in [2.24, 2.45) is 0 Å². The van der Waals surface area contributed by atoms with Crippen LogP contribution < -0.4 is 14.8 Å². The van der Waals surface area contributed by atoms with E-state index in [9.17, 15) is 4.79 Å². The van der Waals surface area contributed by atoms with Crippen molar-refractivity contribution < 1.29 is 23.7 Å². The van der Waals surface area contributed by atoms with Crippen LogP contribution in [0.3, 0.4) is 0 Å². The van der Waals surface area contributed by atoms with E-state index in [4.69, 9.17) is 18.9 Å². The van der Waals surface area contributed by atoms with Crippen LogP contribution in [0.1, 0.15) is 24.8 Å². The quantitative estimate of drug-likeness (QED) is 0.591. The lowest BCUT2D eigenvalue weighted by Gasteiger charge is -2.30. The van der Waals surface area contributed by atoms with Crippen molar-refractivity contribution in [2.45, 2.75) is 38.0 Å². The van der Waals surface area contributed by atoms with E-state index in [1.165, 1.54) is 0 Å². The van der Waals surface area contributed by atoms with E-state index in [1.54, 1.807) is 14.2 Å². The molecule has 1 saturated carbocycles. The number of benzene rings is 1. The van der Waals surface area contributed by atoms with Crippen LogP contribution in [0.25, 0.3) is 0 Å². The minimum absolute atomic E-state index is 0. The molecule has 1 amide bonds. The summed E-state index contributed by atoms with van der Waals surface area (Å²) in [6, 6.07) is 6.17. The van der Waals surface area contributed by atoms with E-state index in [0.717, 1.165) is 31.4 Å². The highest BCUT2D eigenvalue weighted by Gasteiger charge is 2.36. The number of hydrogen-bond donors (Lipinski definition) is 1. The van der Waals surface area contributed by atoms with Gasteiger partial charge in [0.25, 0.3) is 5.91 Å². The van der Waals surface area contributed by atoms with Crippen LogP contribution >= 0.6 is 12.4 Å². The van der Waals surface area contributed by atoms with Crippen LogP contribution in [0.15, 0.2) is 18.2 Å². The largest absolute Gasteiger partial charge is 0.493 e. The Kier molecular flexibility index (Phi) is 9.31. The molecule has 1 heterocycles. The molecule has 1 N–H and O–H groups in total. The van der Waals surface area contributed by atoms with E-state index < -0.39 is 0 Å². The summed E-state index contributed by atoms with van der Waals surface area (Å²) in [5.41, 5.74) is 1.03. The zero-order valence-electron chi connectivity index (χ0n) is 16.6. The molecule has 1 aromatic carbocycles. The smallest absolute Gasteiger partial charge is 0.253 e. The van der Waals surface area contributed by atoms with E-state index in [1.807, 2.05) is 23.1 Å². The number of morpholine rings is 1. The van der Waals surface area contributed by atoms with Crippen molar-refractivity contribution in [1.29, 1.82) is 0 Å². The van der Waals surface area contributed by atoms with Crippen molar-refractivity contribution in [2.75, 3.05) is 47.1 Å². The van der Waals surface area contributed by atoms with Gasteiger partial charge >= 0.3 is 0 Å². The second-order valence-corrected chi connectivity index (χ2v) is 6.94. The highest BCUT2D eigenvalue weighted by Crippen LogP contribution is 2.32. The summed E-state index contributed by atoms with van der Waals surface area (Å²) in [6.45, 7) is 3.73. The maximum Gasteiger partial charge on any atom is 0.253 e. The fourth-order valence-corrected chi connectivity index (χ4v) is 3.20. The summed E-state index contributed by atoms with van der Waals surface area (Å²) in [6.07, 6.45) is 2.54. The normalized spacial score (nSPS) is 18.9. The molecule has 7 nitrogen and oxygen atoms in total. The fourth-order valence-electron chi connectivity index (χ4n) is 3.20. The van der Waals surface area contributed by atoms with Crippen LogP contribution in [0.2, 0.25) is 0 Å². The Morgan fingerprint density at radius 3 is 2.71 bits per heavy atom. The minimum atomic E-state index is -0.387. The first-order chi connectivity index (χ1) is 13.2. The number of nitrogens with zero attached hydrogens (tertiary/aromatic N) is 1. The molecule has 1 aromatic rings. The van der Waals surface area contributed by atoms with Gasteiger partial charge in [0, 0.05) is 45.8 Å². The number of carbonyl (C=O) groups is 1. The van der Waals surface area contributed by atoms with Crippen molar-refractivity contribution in [3.8, 4) is 11.5 Å². The molecule has 0 spiro atoms. The van der Waals surface area contributed by atoms with Crippen LogP contribution in [0.5, 0.6) is 11.5 Å². The second-order valence-electron chi connectivity index (χ2n) is 6.94. The van der Waals surface area contributed by atoms with Gasteiger partial charge < -0.3 is 29.2 Å². The van der Waals surface area contributed by atoms with Gasteiger partial charge in [0.15, 0.2) is 11.5 Å². The molecule has 0 radical (unpaired) electrons. The first kappa shape index (κ1) is 22.7. The second kappa shape index (κ2) is 11.5. The first-order valence-electron chi connectivity index (χ1n) is 9.64. The molecule has 2 aliphatic rings. The average Bonchev–Trinajstić information content (AvgIpc) is 3.55. The van der Waals surface area contributed by atoms with Gasteiger partial charge in [0.1, 0.15) is 6.10 Å². The Morgan fingerprint density at radius 1 is 1.25 bits per heavy atom. The molecule has 1 atom stereocenters. The molecule has 1 saturated heterocycles. The molecule has 8 heteroatoms. The van der Waals surface area contributed by atoms with E-state index in [2.05, 4.69) is 5.32 Å². The molecule has 1 aliphatic heterocycles. The number of methoxy groups -OCH3 is 2. The molecule has 0 bridgehead atoms. The average molecular weight is 415 g/mol. The van der Waals surface area contributed by atoms with Gasteiger partial charge in [-0.3, -0.25) is 4.79 Å². The number of nitrogens with one attached hydrogen (secondary N) is 1. The lowest BCUT2D eigenvalue weighted by atomic mass is 10.1. The summed E-state index contributed by atoms with van der Waals surface area (Å²) in [5, 5.41) is 3.23. The fraction of sp³-hybridized carbons (Fsp3) is 0.650. The van der Waals surface area contributed by atoms with Crippen molar-refractivity contribution in [3.05, 3.63) is 23.8 Å². The summed E-state index contributed by atoms with van der Waals surface area (Å²) < 4.78 is 22.0. The zero-order chi connectivity index (χ0) is 19.1. The molecule has 1 aliphatic carbocycles. The van der Waals surface area contributed by atoms with Crippen LogP contribution in [0.4, 0.5) is 0 Å². The third kappa shape index (κ3) is 6.24. The Morgan fingerprint density at radius 2 is 2.07 bits per heavy atom. The van der Waals surface area contributed by atoms with Crippen molar-refractivity contribution >= 4 is 18.3 Å². The predicted octanol–water partition coefficient (Wildman–Crippen LogP) is 2.01. The first-order valence-corrected chi connectivity index (χ1v) is 9.64. The molecule has 0 aromatic heterocycles. The summed E-state index contributed by atoms with van der Waals surface area (Å²) in [4.78, 5) is 14.9. The minimum Gasteiger partial charge on any atom is -0.493 e. The van der Waals surface area contributed by atoms with Gasteiger partial charge in [-0.25, -0.2) is 0 Å². The lowest BCUT2D eigenvalue weighted by molar-refractivity contribution is -0.146. The molecule has 2 fully saturated rings. The van der Waals surface area contributed by atoms with Gasteiger partial charge in [0.2, 0.25) is 0 Å². The molecular weight excluding hydrogens is 384 g/mol. The number of carbonyl (C=O) groups excluding carboxylic acids is 1. The highest BCUT2D eigenvalue weighted by atomic mass is 35.5. The van der Waals surface area contributed by atoms with Gasteiger partial charge in [-0.1, -0.05) is 6.07 Å². The molecule has 28 heavy (non-hydrogen) atoms.